The molecule has 4 nitrogen and oxygen atoms in total. The summed E-state index contributed by atoms with van der Waals surface area (Å²) < 4.78 is 0. The Hall–Kier alpha value is -4.96. The molecule has 0 N–H and O–H groups in total. The van der Waals surface area contributed by atoms with E-state index < -0.39 is 0 Å². The van der Waals surface area contributed by atoms with Gasteiger partial charge >= 0.3 is 0 Å². The highest BCUT2D eigenvalue weighted by Gasteiger charge is 2.31. The van der Waals surface area contributed by atoms with Crippen LogP contribution in [0, 0.1) is 0 Å². The standard InChI is InChI=1S/C32H14N2O2/c35-31-19-7-3-1-5-17(19)29-27-21(31)11-9-15-24-14-34-30-18-6-2-4-8-20(18)32(36)22-12-10-16(26(24)28(22)30)23(13-33-29)25(15)27/h1-14H. The van der Waals surface area contributed by atoms with E-state index in [0.29, 0.717) is 22.3 Å². The fraction of sp³-hybridized carbons (Fsp3) is 0. The van der Waals surface area contributed by atoms with Crippen molar-refractivity contribution in [1.29, 1.82) is 0 Å². The second kappa shape index (κ2) is 5.99. The van der Waals surface area contributed by atoms with Gasteiger partial charge in [-0.3, -0.25) is 19.6 Å². The summed E-state index contributed by atoms with van der Waals surface area (Å²) in [5.41, 5.74) is 6.16. The Bertz CT molecular complexity index is 2020. The number of ketones is 2. The van der Waals surface area contributed by atoms with Gasteiger partial charge < -0.3 is 0 Å². The summed E-state index contributed by atoms with van der Waals surface area (Å²) in [4.78, 5) is 36.8. The van der Waals surface area contributed by atoms with Gasteiger partial charge in [-0.2, -0.15) is 0 Å². The van der Waals surface area contributed by atoms with Crippen LogP contribution in [0.3, 0.4) is 0 Å². The predicted molar refractivity (Wildman–Crippen MR) is 141 cm³/mol. The van der Waals surface area contributed by atoms with Crippen LogP contribution in [-0.4, -0.2) is 21.5 Å². The first-order valence-corrected chi connectivity index (χ1v) is 11.9. The minimum absolute atomic E-state index is 0.0278. The third-order valence-electron chi connectivity index (χ3n) is 7.99. The molecule has 36 heavy (non-hydrogen) atoms. The molecule has 0 atom stereocenters. The van der Waals surface area contributed by atoms with Crippen molar-refractivity contribution in [3.05, 3.63) is 107 Å². The van der Waals surface area contributed by atoms with E-state index in [9.17, 15) is 9.59 Å². The quantitative estimate of drug-likeness (QED) is 0.182. The van der Waals surface area contributed by atoms with E-state index in [1.165, 1.54) is 0 Å². The molecule has 0 radical (unpaired) electrons. The second-order valence-electron chi connectivity index (χ2n) is 9.61. The summed E-state index contributed by atoms with van der Waals surface area (Å²) in [6, 6.07) is 23.3. The van der Waals surface area contributed by atoms with Crippen LogP contribution in [0.1, 0.15) is 31.8 Å². The number of carbonyl (C=O) groups excluding carboxylic acids is 2. The lowest BCUT2D eigenvalue weighted by atomic mass is 9.80. The van der Waals surface area contributed by atoms with Crippen molar-refractivity contribution in [3.8, 4) is 22.5 Å². The number of hydrogen-bond donors (Lipinski definition) is 0. The van der Waals surface area contributed by atoms with E-state index >= 15 is 0 Å². The van der Waals surface area contributed by atoms with Gasteiger partial charge in [0.1, 0.15) is 0 Å². The van der Waals surface area contributed by atoms with Crippen LogP contribution < -0.4 is 0 Å². The molecule has 2 aliphatic rings. The topological polar surface area (TPSA) is 59.9 Å². The number of benzene rings is 5. The first kappa shape index (κ1) is 18.4. The monoisotopic (exact) mass is 458 g/mol. The van der Waals surface area contributed by atoms with Gasteiger partial charge in [0.05, 0.1) is 11.4 Å². The van der Waals surface area contributed by atoms with E-state index in [-0.39, 0.29) is 11.6 Å². The van der Waals surface area contributed by atoms with E-state index in [0.717, 1.165) is 65.6 Å². The first-order chi connectivity index (χ1) is 17.7. The van der Waals surface area contributed by atoms with Crippen LogP contribution >= 0.6 is 0 Å². The third kappa shape index (κ3) is 1.92. The summed E-state index contributed by atoms with van der Waals surface area (Å²) in [6.07, 6.45) is 3.85. The fourth-order valence-electron chi connectivity index (χ4n) is 6.48. The molecule has 0 bridgehead atoms. The van der Waals surface area contributed by atoms with Gasteiger partial charge in [-0.25, -0.2) is 0 Å². The van der Waals surface area contributed by atoms with E-state index in [1.807, 2.05) is 85.2 Å². The molecule has 4 heteroatoms. The Morgan fingerprint density at radius 2 is 0.806 bits per heavy atom. The molecular formula is C32H14N2O2. The molecule has 0 saturated heterocycles. The van der Waals surface area contributed by atoms with Gasteiger partial charge in [-0.1, -0.05) is 60.7 Å². The van der Waals surface area contributed by atoms with Crippen molar-refractivity contribution in [3.63, 3.8) is 0 Å². The summed E-state index contributed by atoms with van der Waals surface area (Å²) >= 11 is 0. The number of fused-ring (bicyclic) bond motifs is 6. The Balaban J connectivity index is 1.53. The van der Waals surface area contributed by atoms with Gasteiger partial charge in [0, 0.05) is 78.1 Å². The number of aromatic nitrogens is 2. The first-order valence-electron chi connectivity index (χ1n) is 11.9. The van der Waals surface area contributed by atoms with Gasteiger partial charge in [0.2, 0.25) is 0 Å². The number of rotatable bonds is 0. The highest BCUT2D eigenvalue weighted by molar-refractivity contribution is 6.40. The molecule has 2 aliphatic carbocycles. The summed E-state index contributed by atoms with van der Waals surface area (Å²) in [5.74, 6) is 0.0555. The van der Waals surface area contributed by atoms with Crippen LogP contribution in [0.25, 0.3) is 65.6 Å². The molecule has 0 spiro atoms. The van der Waals surface area contributed by atoms with Crippen LogP contribution in [0.4, 0.5) is 0 Å². The predicted octanol–water partition coefficient (Wildman–Crippen LogP) is 6.95. The van der Waals surface area contributed by atoms with Gasteiger partial charge in [-0.05, 0) is 22.9 Å². The van der Waals surface area contributed by atoms with Crippen molar-refractivity contribution in [2.75, 3.05) is 0 Å². The Labute approximate surface area is 204 Å². The summed E-state index contributed by atoms with van der Waals surface area (Å²) in [6.45, 7) is 0. The number of pyridine rings is 2. The van der Waals surface area contributed by atoms with Crippen LogP contribution in [-0.2, 0) is 0 Å². The smallest absolute Gasteiger partial charge is 0.194 e. The van der Waals surface area contributed by atoms with Crippen LogP contribution in [0.15, 0.2) is 85.2 Å². The lowest BCUT2D eigenvalue weighted by molar-refractivity contribution is 0.103. The minimum Gasteiger partial charge on any atom is -0.289 e. The van der Waals surface area contributed by atoms with Gasteiger partial charge in [0.25, 0.3) is 0 Å². The van der Waals surface area contributed by atoms with Gasteiger partial charge in [0.15, 0.2) is 11.6 Å². The Morgan fingerprint density at radius 1 is 0.389 bits per heavy atom. The highest BCUT2D eigenvalue weighted by atomic mass is 16.1. The number of nitrogens with zero attached hydrogens (tertiary/aromatic N) is 2. The summed E-state index contributed by atoms with van der Waals surface area (Å²) in [5, 5.41) is 7.87. The summed E-state index contributed by atoms with van der Waals surface area (Å²) in [7, 11) is 0. The van der Waals surface area contributed by atoms with E-state index in [2.05, 4.69) is 0 Å². The molecule has 2 heterocycles. The molecule has 9 rings (SSSR count). The van der Waals surface area contributed by atoms with Gasteiger partial charge in [-0.15, -0.1) is 0 Å². The maximum atomic E-state index is 13.5. The number of carbonyl (C=O) groups is 2. The molecule has 164 valence electrons. The molecule has 0 fully saturated rings. The molecule has 0 amide bonds. The molecule has 2 aromatic heterocycles. The molecule has 7 aromatic rings. The normalized spacial score (nSPS) is 13.7. The van der Waals surface area contributed by atoms with Crippen molar-refractivity contribution in [2.24, 2.45) is 0 Å². The molecule has 0 aliphatic heterocycles. The fourth-order valence-corrected chi connectivity index (χ4v) is 6.48. The maximum Gasteiger partial charge on any atom is 0.194 e. The molecule has 5 aromatic carbocycles. The van der Waals surface area contributed by atoms with Crippen molar-refractivity contribution in [1.82, 2.24) is 9.97 Å². The zero-order valence-corrected chi connectivity index (χ0v) is 18.8. The molecule has 0 saturated carbocycles. The van der Waals surface area contributed by atoms with Crippen LogP contribution in [0.5, 0.6) is 0 Å². The average Bonchev–Trinajstić information content (AvgIpc) is 2.94. The van der Waals surface area contributed by atoms with E-state index in [4.69, 9.17) is 9.97 Å². The SMILES string of the molecule is O=C1c2ccccc2-c2ncc3c4ccc5c6c(ncc(c7ccc1c2c73)c64)-c1ccccc1C5=O. The minimum atomic E-state index is 0.0278. The zero-order valence-electron chi connectivity index (χ0n) is 18.8. The van der Waals surface area contributed by atoms with Crippen molar-refractivity contribution >= 4 is 54.7 Å². The Morgan fingerprint density at radius 3 is 1.25 bits per heavy atom. The second-order valence-corrected chi connectivity index (χ2v) is 9.61. The van der Waals surface area contributed by atoms with Crippen LogP contribution in [0.2, 0.25) is 0 Å². The third-order valence-corrected chi connectivity index (χ3v) is 7.99. The molecular weight excluding hydrogens is 444 g/mol. The lowest BCUT2D eigenvalue weighted by Gasteiger charge is -2.24. The maximum absolute atomic E-state index is 13.5. The average molecular weight is 458 g/mol. The number of hydrogen-bond acceptors (Lipinski definition) is 4. The largest absolute Gasteiger partial charge is 0.289 e. The zero-order chi connectivity index (χ0) is 23.7. The van der Waals surface area contributed by atoms with Crippen molar-refractivity contribution < 1.29 is 9.59 Å². The van der Waals surface area contributed by atoms with E-state index in [1.54, 1.807) is 0 Å². The highest BCUT2D eigenvalue weighted by Crippen LogP contribution is 2.49. The molecule has 0 unspecified atom stereocenters. The lowest BCUT2D eigenvalue weighted by Crippen LogP contribution is -2.12. The van der Waals surface area contributed by atoms with Crippen molar-refractivity contribution in [2.45, 2.75) is 0 Å². The Kier molecular flexibility index (Phi) is 3.06.